The number of rotatable bonds is 5. The van der Waals surface area contributed by atoms with E-state index >= 15 is 0 Å². The first kappa shape index (κ1) is 16.9. The molecule has 3 rings (SSSR count). The molecule has 24 heavy (non-hydrogen) atoms. The third-order valence-electron chi connectivity index (χ3n) is 4.30. The molecule has 3 heterocycles. The highest BCUT2D eigenvalue weighted by atomic mass is 32.1. The minimum absolute atomic E-state index is 0.0444. The Bertz CT molecular complexity index is 705. The molecule has 1 fully saturated rings. The second kappa shape index (κ2) is 7.27. The number of hydrogen-bond acceptors (Lipinski definition) is 6. The highest BCUT2D eigenvalue weighted by Crippen LogP contribution is 2.30. The van der Waals surface area contributed by atoms with Crippen molar-refractivity contribution in [2.75, 3.05) is 18.9 Å². The molecule has 0 saturated carbocycles. The number of aromatic nitrogens is 2. The number of nitrogens with one attached hydrogen (secondary N) is 1. The topological polar surface area (TPSA) is 78.4 Å². The number of thiophene rings is 1. The molecule has 0 aliphatic carbocycles. The number of anilines is 1. The van der Waals surface area contributed by atoms with Crippen molar-refractivity contribution < 1.29 is 9.90 Å². The lowest BCUT2D eigenvalue weighted by atomic mass is 10.1. The monoisotopic (exact) mass is 346 g/mol. The number of nitrogens with zero attached hydrogens (tertiary/aromatic N) is 3. The van der Waals surface area contributed by atoms with Crippen LogP contribution in [0.4, 0.5) is 5.95 Å². The number of aryl methyl sites for hydroxylation is 1. The van der Waals surface area contributed by atoms with Crippen molar-refractivity contribution >= 4 is 23.2 Å². The Kier molecular flexibility index (Phi) is 5.11. The zero-order valence-corrected chi connectivity index (χ0v) is 14.7. The van der Waals surface area contributed by atoms with Crippen molar-refractivity contribution in [3.63, 3.8) is 0 Å². The molecular weight excluding hydrogens is 324 g/mol. The first-order valence-electron chi connectivity index (χ1n) is 8.14. The van der Waals surface area contributed by atoms with Gasteiger partial charge in [-0.2, -0.15) is 0 Å². The van der Waals surface area contributed by atoms with Gasteiger partial charge in [0.25, 0.3) is 5.91 Å². The normalized spacial score (nSPS) is 18.6. The molecule has 0 aromatic carbocycles. The fraction of sp³-hybridized carbons (Fsp3) is 0.471. The van der Waals surface area contributed by atoms with Gasteiger partial charge in [-0.1, -0.05) is 6.07 Å². The molecule has 0 spiro atoms. The van der Waals surface area contributed by atoms with Crippen LogP contribution in [0, 0.1) is 6.92 Å². The molecule has 2 aromatic heterocycles. The number of aliphatic hydroxyl groups excluding tert-OH is 1. The zero-order valence-electron chi connectivity index (χ0n) is 13.9. The molecule has 1 amide bonds. The summed E-state index contributed by atoms with van der Waals surface area (Å²) in [6, 6.07) is 5.63. The van der Waals surface area contributed by atoms with Crippen molar-refractivity contribution in [1.82, 2.24) is 14.9 Å². The lowest BCUT2D eigenvalue weighted by Gasteiger charge is -2.26. The quantitative estimate of drug-likeness (QED) is 0.870. The van der Waals surface area contributed by atoms with E-state index in [-0.39, 0.29) is 11.9 Å². The maximum Gasteiger partial charge on any atom is 0.272 e. The van der Waals surface area contributed by atoms with E-state index in [4.69, 9.17) is 0 Å². The molecule has 0 bridgehead atoms. The van der Waals surface area contributed by atoms with Gasteiger partial charge in [0.15, 0.2) is 0 Å². The maximum atomic E-state index is 12.9. The number of hydrogen-bond donors (Lipinski definition) is 2. The molecule has 7 heteroatoms. The van der Waals surface area contributed by atoms with Crippen molar-refractivity contribution in [3.8, 4) is 0 Å². The van der Waals surface area contributed by atoms with Gasteiger partial charge in [-0.25, -0.2) is 9.97 Å². The minimum atomic E-state index is -0.525. The summed E-state index contributed by atoms with van der Waals surface area (Å²) in [6.07, 6.45) is 1.91. The molecule has 1 saturated heterocycles. The van der Waals surface area contributed by atoms with Crippen LogP contribution in [0.1, 0.15) is 46.4 Å². The molecule has 2 aromatic rings. The van der Waals surface area contributed by atoms with Gasteiger partial charge in [0.2, 0.25) is 5.95 Å². The van der Waals surface area contributed by atoms with E-state index in [1.54, 1.807) is 24.5 Å². The molecule has 2 atom stereocenters. The van der Waals surface area contributed by atoms with Gasteiger partial charge in [0.05, 0.1) is 6.10 Å². The Labute approximate surface area is 145 Å². The summed E-state index contributed by atoms with van der Waals surface area (Å²) in [5.74, 6) is 0.366. The van der Waals surface area contributed by atoms with Crippen LogP contribution in [0.5, 0.6) is 0 Å². The molecule has 2 N–H and O–H groups in total. The largest absolute Gasteiger partial charge is 0.387 e. The summed E-state index contributed by atoms with van der Waals surface area (Å²) in [4.78, 5) is 24.2. The second-order valence-electron chi connectivity index (χ2n) is 6.03. The third-order valence-corrected chi connectivity index (χ3v) is 5.28. The molecular formula is C17H22N4O2S. The standard InChI is InChI=1S/C17H22N4O2S/c1-11-9-13(20-17(18-2)19-11)16(23)21-7-3-5-12(21)10-14(22)15-6-4-8-24-15/h4,6,8-9,12,14,22H,3,5,7,10H2,1-2H3,(H,18,19,20)/t12-,14+/m1/s1. The van der Waals surface area contributed by atoms with E-state index < -0.39 is 6.10 Å². The lowest BCUT2D eigenvalue weighted by molar-refractivity contribution is 0.0664. The predicted molar refractivity (Wildman–Crippen MR) is 94.3 cm³/mol. The van der Waals surface area contributed by atoms with Crippen molar-refractivity contribution in [3.05, 3.63) is 39.8 Å². The van der Waals surface area contributed by atoms with E-state index in [1.165, 1.54) is 0 Å². The van der Waals surface area contributed by atoms with E-state index in [1.807, 2.05) is 29.3 Å². The van der Waals surface area contributed by atoms with Crippen LogP contribution in [-0.2, 0) is 0 Å². The summed E-state index contributed by atoms with van der Waals surface area (Å²) < 4.78 is 0. The first-order valence-corrected chi connectivity index (χ1v) is 9.02. The fourth-order valence-corrected chi connectivity index (χ4v) is 3.86. The van der Waals surface area contributed by atoms with Crippen LogP contribution in [0.2, 0.25) is 0 Å². The molecule has 0 radical (unpaired) electrons. The van der Waals surface area contributed by atoms with Crippen LogP contribution in [0.15, 0.2) is 23.6 Å². The van der Waals surface area contributed by atoms with Gasteiger partial charge in [-0.15, -0.1) is 11.3 Å². The Morgan fingerprint density at radius 3 is 3.08 bits per heavy atom. The van der Waals surface area contributed by atoms with Gasteiger partial charge < -0.3 is 15.3 Å². The molecule has 1 aliphatic rings. The highest BCUT2D eigenvalue weighted by Gasteiger charge is 2.32. The summed E-state index contributed by atoms with van der Waals surface area (Å²) >= 11 is 1.54. The fourth-order valence-electron chi connectivity index (χ4n) is 3.14. The summed E-state index contributed by atoms with van der Waals surface area (Å²) in [5, 5.41) is 15.2. The Morgan fingerprint density at radius 1 is 1.54 bits per heavy atom. The summed E-state index contributed by atoms with van der Waals surface area (Å²) in [7, 11) is 1.74. The SMILES string of the molecule is CNc1nc(C)cc(C(=O)N2CCC[C@@H]2C[C@H](O)c2cccs2)n1. The van der Waals surface area contributed by atoms with E-state index in [0.29, 0.717) is 24.6 Å². The smallest absolute Gasteiger partial charge is 0.272 e. The van der Waals surface area contributed by atoms with Crippen molar-refractivity contribution in [2.45, 2.75) is 38.3 Å². The molecule has 0 unspecified atom stereocenters. The van der Waals surface area contributed by atoms with E-state index in [0.717, 1.165) is 23.4 Å². The van der Waals surface area contributed by atoms with E-state index in [2.05, 4.69) is 15.3 Å². The van der Waals surface area contributed by atoms with Gasteiger partial charge >= 0.3 is 0 Å². The van der Waals surface area contributed by atoms with Gasteiger partial charge in [-0.3, -0.25) is 4.79 Å². The van der Waals surface area contributed by atoms with Crippen LogP contribution in [0.3, 0.4) is 0 Å². The van der Waals surface area contributed by atoms with Gasteiger partial charge in [0, 0.05) is 30.2 Å². The summed E-state index contributed by atoms with van der Waals surface area (Å²) in [5.41, 5.74) is 1.16. The van der Waals surface area contributed by atoms with Crippen LogP contribution >= 0.6 is 11.3 Å². The average Bonchev–Trinajstić information content (AvgIpc) is 3.25. The second-order valence-corrected chi connectivity index (χ2v) is 7.01. The van der Waals surface area contributed by atoms with Crippen molar-refractivity contribution in [1.29, 1.82) is 0 Å². The van der Waals surface area contributed by atoms with Crippen molar-refractivity contribution in [2.24, 2.45) is 0 Å². The minimum Gasteiger partial charge on any atom is -0.387 e. The molecule has 6 nitrogen and oxygen atoms in total. The van der Waals surface area contributed by atoms with Crippen LogP contribution in [0.25, 0.3) is 0 Å². The van der Waals surface area contributed by atoms with Gasteiger partial charge in [-0.05, 0) is 43.7 Å². The Hall–Kier alpha value is -1.99. The number of likely N-dealkylation sites (tertiary alicyclic amines) is 1. The Balaban J connectivity index is 1.75. The van der Waals surface area contributed by atoms with Gasteiger partial charge in [0.1, 0.15) is 5.69 Å². The lowest BCUT2D eigenvalue weighted by Crippen LogP contribution is -2.37. The number of aliphatic hydroxyl groups is 1. The highest BCUT2D eigenvalue weighted by molar-refractivity contribution is 7.10. The Morgan fingerprint density at radius 2 is 2.38 bits per heavy atom. The number of carbonyl (C=O) groups is 1. The predicted octanol–water partition coefficient (Wildman–Crippen LogP) is 2.62. The number of amides is 1. The maximum absolute atomic E-state index is 12.9. The molecule has 128 valence electrons. The van der Waals surface area contributed by atoms with E-state index in [9.17, 15) is 9.90 Å². The summed E-state index contributed by atoms with van der Waals surface area (Å²) in [6.45, 7) is 2.56. The average molecular weight is 346 g/mol. The molecule has 1 aliphatic heterocycles. The number of carbonyl (C=O) groups excluding carboxylic acids is 1. The van der Waals surface area contributed by atoms with Crippen LogP contribution < -0.4 is 5.32 Å². The van der Waals surface area contributed by atoms with Crippen LogP contribution in [-0.4, -0.2) is 45.5 Å². The first-order chi connectivity index (χ1) is 11.6. The zero-order chi connectivity index (χ0) is 17.1. The third kappa shape index (κ3) is 3.57.